The molecule has 1 atom stereocenters. The third kappa shape index (κ3) is 5.94. The highest BCUT2D eigenvalue weighted by Gasteiger charge is 2.27. The van der Waals surface area contributed by atoms with Crippen molar-refractivity contribution in [2.75, 3.05) is 40.0 Å². The van der Waals surface area contributed by atoms with Crippen LogP contribution in [0.2, 0.25) is 0 Å². The molecule has 3 rings (SSSR count). The first-order valence-corrected chi connectivity index (χ1v) is 12.7. The van der Waals surface area contributed by atoms with Gasteiger partial charge in [0.05, 0.1) is 31.3 Å². The van der Waals surface area contributed by atoms with Crippen LogP contribution in [0.5, 0.6) is 17.2 Å². The summed E-state index contributed by atoms with van der Waals surface area (Å²) < 4.78 is 45.9. The maximum atomic E-state index is 13.2. The van der Waals surface area contributed by atoms with Gasteiger partial charge in [0.2, 0.25) is 10.0 Å². The second kappa shape index (κ2) is 11.5. The van der Waals surface area contributed by atoms with Gasteiger partial charge in [0.25, 0.3) is 0 Å². The van der Waals surface area contributed by atoms with Gasteiger partial charge >= 0.3 is 0 Å². The molecule has 8 heteroatoms. The smallest absolute Gasteiger partial charge is 0.240 e. The van der Waals surface area contributed by atoms with Gasteiger partial charge in [0.1, 0.15) is 5.75 Å². The highest BCUT2D eigenvalue weighted by molar-refractivity contribution is 7.89. The second-order valence-corrected chi connectivity index (χ2v) is 9.45. The van der Waals surface area contributed by atoms with Crippen molar-refractivity contribution in [2.45, 2.75) is 44.0 Å². The molecule has 0 saturated carbocycles. The number of hydrogen-bond acceptors (Lipinski definition) is 6. The number of hydrogen-bond donors (Lipinski definition) is 1. The highest BCUT2D eigenvalue weighted by atomic mass is 32.2. The van der Waals surface area contributed by atoms with Crippen molar-refractivity contribution in [3.05, 3.63) is 48.0 Å². The van der Waals surface area contributed by atoms with Gasteiger partial charge in [-0.1, -0.05) is 24.6 Å². The van der Waals surface area contributed by atoms with Crippen molar-refractivity contribution < 1.29 is 22.6 Å². The molecule has 0 aromatic heterocycles. The quantitative estimate of drug-likeness (QED) is 0.544. The Morgan fingerprint density at radius 2 is 1.62 bits per heavy atom. The summed E-state index contributed by atoms with van der Waals surface area (Å²) in [7, 11) is -2.10. The summed E-state index contributed by atoms with van der Waals surface area (Å²) >= 11 is 0. The minimum atomic E-state index is -3.75. The van der Waals surface area contributed by atoms with Crippen molar-refractivity contribution in [3.63, 3.8) is 0 Å². The molecule has 1 aliphatic rings. The second-order valence-electron chi connectivity index (χ2n) is 7.68. The van der Waals surface area contributed by atoms with Crippen molar-refractivity contribution >= 4 is 10.0 Å². The number of benzene rings is 2. The number of nitrogens with zero attached hydrogens (tertiary/aromatic N) is 1. The molecule has 0 spiro atoms. The van der Waals surface area contributed by atoms with E-state index in [0.29, 0.717) is 24.7 Å². The van der Waals surface area contributed by atoms with Crippen LogP contribution >= 0.6 is 0 Å². The lowest BCUT2D eigenvalue weighted by molar-refractivity contribution is 0.162. The minimum Gasteiger partial charge on any atom is -0.496 e. The lowest BCUT2D eigenvalue weighted by Gasteiger charge is -2.35. The topological polar surface area (TPSA) is 77.1 Å². The van der Waals surface area contributed by atoms with E-state index in [0.717, 1.165) is 37.2 Å². The Balaban J connectivity index is 1.85. The van der Waals surface area contributed by atoms with Crippen LogP contribution < -0.4 is 18.9 Å². The standard InChI is InChI=1S/C24H34N2O5S/c1-4-30-23-14-13-19(17-24(23)31-5-2)32(27,28)25-18-21(26-15-9-6-10-16-26)20-11-7-8-12-22(20)29-3/h7-8,11-14,17,21,25H,4-6,9-10,15-16,18H2,1-3H3/t21-/m1/s1. The first kappa shape index (κ1) is 24.4. The van der Waals surface area contributed by atoms with E-state index in [4.69, 9.17) is 14.2 Å². The molecule has 2 aromatic rings. The van der Waals surface area contributed by atoms with E-state index in [9.17, 15) is 8.42 Å². The van der Waals surface area contributed by atoms with Crippen LogP contribution in [-0.2, 0) is 10.0 Å². The summed E-state index contributed by atoms with van der Waals surface area (Å²) in [6.45, 7) is 6.73. The zero-order valence-electron chi connectivity index (χ0n) is 19.2. The number of para-hydroxylation sites is 1. The van der Waals surface area contributed by atoms with Crippen molar-refractivity contribution in [2.24, 2.45) is 0 Å². The van der Waals surface area contributed by atoms with Crippen LogP contribution in [-0.4, -0.2) is 53.3 Å². The Hall–Kier alpha value is -2.29. The van der Waals surface area contributed by atoms with Gasteiger partial charge in [-0.2, -0.15) is 0 Å². The minimum absolute atomic E-state index is 0.115. The molecular weight excluding hydrogens is 428 g/mol. The summed E-state index contributed by atoms with van der Waals surface area (Å²) in [5.74, 6) is 1.73. The fraction of sp³-hybridized carbons (Fsp3) is 0.500. The van der Waals surface area contributed by atoms with Crippen molar-refractivity contribution in [1.82, 2.24) is 9.62 Å². The van der Waals surface area contributed by atoms with Gasteiger partial charge in [0.15, 0.2) is 11.5 Å². The predicted octanol–water partition coefficient (Wildman–Crippen LogP) is 4.00. The van der Waals surface area contributed by atoms with E-state index in [1.54, 1.807) is 19.2 Å². The molecule has 0 unspecified atom stereocenters. The molecule has 176 valence electrons. The van der Waals surface area contributed by atoms with E-state index in [1.165, 1.54) is 12.5 Å². The summed E-state index contributed by atoms with van der Waals surface area (Å²) in [6.07, 6.45) is 3.41. The van der Waals surface area contributed by atoms with Gasteiger partial charge in [-0.15, -0.1) is 0 Å². The monoisotopic (exact) mass is 462 g/mol. The van der Waals surface area contributed by atoms with Gasteiger partial charge in [-0.05, 0) is 58.0 Å². The largest absolute Gasteiger partial charge is 0.496 e. The summed E-state index contributed by atoms with van der Waals surface area (Å²) in [6, 6.07) is 12.4. The average molecular weight is 463 g/mol. The number of sulfonamides is 1. The third-order valence-electron chi connectivity index (χ3n) is 5.62. The molecule has 32 heavy (non-hydrogen) atoms. The van der Waals surface area contributed by atoms with E-state index in [2.05, 4.69) is 9.62 Å². The number of likely N-dealkylation sites (tertiary alicyclic amines) is 1. The number of methoxy groups -OCH3 is 1. The summed E-state index contributed by atoms with van der Waals surface area (Å²) in [5, 5.41) is 0. The Bertz CT molecular complexity index is 974. The molecule has 0 aliphatic carbocycles. The summed E-state index contributed by atoms with van der Waals surface area (Å²) in [5.41, 5.74) is 0.987. The van der Waals surface area contributed by atoms with Gasteiger partial charge in [0, 0.05) is 18.2 Å². The Labute approximate surface area is 191 Å². The molecule has 1 fully saturated rings. The van der Waals surface area contributed by atoms with Gasteiger partial charge < -0.3 is 14.2 Å². The van der Waals surface area contributed by atoms with Crippen LogP contribution in [0.3, 0.4) is 0 Å². The molecule has 0 bridgehead atoms. The summed E-state index contributed by atoms with van der Waals surface area (Å²) in [4.78, 5) is 2.50. The van der Waals surface area contributed by atoms with Crippen LogP contribution in [0, 0.1) is 0 Å². The SMILES string of the molecule is CCOc1ccc(S(=O)(=O)NC[C@H](c2ccccc2OC)N2CCCCC2)cc1OCC. The van der Waals surface area contributed by atoms with E-state index >= 15 is 0 Å². The third-order valence-corrected chi connectivity index (χ3v) is 7.04. The van der Waals surface area contributed by atoms with Crippen LogP contribution in [0.4, 0.5) is 0 Å². The van der Waals surface area contributed by atoms with Crippen LogP contribution in [0.25, 0.3) is 0 Å². The molecule has 1 aliphatic heterocycles. The average Bonchev–Trinajstić information content (AvgIpc) is 2.81. The number of rotatable bonds is 11. The van der Waals surface area contributed by atoms with Gasteiger partial charge in [-0.25, -0.2) is 13.1 Å². The molecule has 7 nitrogen and oxygen atoms in total. The molecule has 1 N–H and O–H groups in total. The van der Waals surface area contributed by atoms with Gasteiger partial charge in [-0.3, -0.25) is 4.90 Å². The zero-order chi connectivity index (χ0) is 23.0. The number of nitrogens with one attached hydrogen (secondary N) is 1. The van der Waals surface area contributed by atoms with E-state index in [1.807, 2.05) is 38.1 Å². The molecule has 2 aromatic carbocycles. The molecule has 1 heterocycles. The maximum absolute atomic E-state index is 13.2. The van der Waals surface area contributed by atoms with E-state index < -0.39 is 10.0 Å². The zero-order valence-corrected chi connectivity index (χ0v) is 20.0. The van der Waals surface area contributed by atoms with E-state index in [-0.39, 0.29) is 17.5 Å². The maximum Gasteiger partial charge on any atom is 0.240 e. The Morgan fingerprint density at radius 3 is 2.31 bits per heavy atom. The normalized spacial score (nSPS) is 15.8. The Morgan fingerprint density at radius 1 is 0.938 bits per heavy atom. The van der Waals surface area contributed by atoms with Crippen LogP contribution in [0.15, 0.2) is 47.4 Å². The predicted molar refractivity (Wildman–Crippen MR) is 125 cm³/mol. The lowest BCUT2D eigenvalue weighted by atomic mass is 10.0. The van der Waals surface area contributed by atoms with Crippen LogP contribution in [0.1, 0.15) is 44.7 Å². The molecule has 1 saturated heterocycles. The number of piperidine rings is 1. The molecule has 0 amide bonds. The van der Waals surface area contributed by atoms with Crippen molar-refractivity contribution in [3.8, 4) is 17.2 Å². The first-order chi connectivity index (χ1) is 15.5. The number of ether oxygens (including phenoxy) is 3. The fourth-order valence-corrected chi connectivity index (χ4v) is 5.13. The lowest BCUT2D eigenvalue weighted by Crippen LogP contribution is -2.40. The highest BCUT2D eigenvalue weighted by Crippen LogP contribution is 2.33. The van der Waals surface area contributed by atoms with Crippen molar-refractivity contribution in [1.29, 1.82) is 0 Å². The first-order valence-electron chi connectivity index (χ1n) is 11.3. The molecular formula is C24H34N2O5S. The Kier molecular flexibility index (Phi) is 8.78. The molecule has 0 radical (unpaired) electrons. The fourth-order valence-electron chi connectivity index (χ4n) is 4.08.